The van der Waals surface area contributed by atoms with Gasteiger partial charge in [0.1, 0.15) is 19.5 Å². The molecule has 0 aromatic heterocycles. The van der Waals surface area contributed by atoms with Gasteiger partial charge in [-0.15, -0.1) is 0 Å². The minimum absolute atomic E-state index is 0.0987. The highest BCUT2D eigenvalue weighted by Gasteiger charge is 2.03. The van der Waals surface area contributed by atoms with E-state index in [2.05, 4.69) is 10.6 Å². The summed E-state index contributed by atoms with van der Waals surface area (Å²) in [6.07, 6.45) is 19.7. The van der Waals surface area contributed by atoms with Gasteiger partial charge in [-0.25, -0.2) is 4.79 Å². The fourth-order valence-corrected chi connectivity index (χ4v) is 4.47. The summed E-state index contributed by atoms with van der Waals surface area (Å²) in [6, 6.07) is 0. The Morgan fingerprint density at radius 3 is 1.34 bits per heavy atom. The number of nitrogens with one attached hydrogen (secondary N) is 2. The van der Waals surface area contributed by atoms with Crippen LogP contribution in [0.15, 0.2) is 0 Å². The normalized spacial score (nSPS) is 10.6. The Balaban J connectivity index is 0. The van der Waals surface area contributed by atoms with Crippen LogP contribution in [-0.2, 0) is 47.7 Å². The molecule has 0 aromatic carbocycles. The fraction of sp³-hybridized carbons (Fsp3) is 0.829. The van der Waals surface area contributed by atoms with Crippen LogP contribution in [-0.4, -0.2) is 112 Å². The molecule has 0 aliphatic heterocycles. The summed E-state index contributed by atoms with van der Waals surface area (Å²) >= 11 is 0. The van der Waals surface area contributed by atoms with Crippen LogP contribution >= 0.6 is 0 Å². The first-order chi connectivity index (χ1) is 24.2. The largest absolute Gasteiger partial charge is 0.481 e. The number of rotatable bonds is 37. The Bertz CT molecular complexity index is 833. The summed E-state index contributed by atoms with van der Waals surface area (Å²) in [5.41, 5.74) is 5.10. The molecule has 0 atom stereocenters. The Labute approximate surface area is 298 Å². The van der Waals surface area contributed by atoms with Gasteiger partial charge in [-0.2, -0.15) is 0 Å². The number of carboxylic acid groups (broad SMARTS) is 2. The third-order valence-corrected chi connectivity index (χ3v) is 7.13. The molecule has 0 spiro atoms. The molecule has 15 nitrogen and oxygen atoms in total. The second-order valence-electron chi connectivity index (χ2n) is 11.8. The molecule has 0 saturated carbocycles. The summed E-state index contributed by atoms with van der Waals surface area (Å²) < 4.78 is 20.3. The van der Waals surface area contributed by atoms with Gasteiger partial charge in [0.2, 0.25) is 17.7 Å². The van der Waals surface area contributed by atoms with Crippen LogP contribution in [0.5, 0.6) is 0 Å². The number of aldehydes is 1. The van der Waals surface area contributed by atoms with Crippen molar-refractivity contribution in [3.8, 4) is 0 Å². The molecule has 0 rings (SSSR count). The van der Waals surface area contributed by atoms with Crippen LogP contribution in [0, 0.1) is 0 Å². The molecule has 0 bridgehead atoms. The minimum atomic E-state index is -1.04. The van der Waals surface area contributed by atoms with Gasteiger partial charge in [-0.05, 0) is 19.3 Å². The number of ether oxygens (including phenoxy) is 4. The van der Waals surface area contributed by atoms with Crippen LogP contribution in [0.25, 0.3) is 0 Å². The van der Waals surface area contributed by atoms with E-state index in [0.717, 1.165) is 32.0 Å². The topological polar surface area (TPSA) is 230 Å². The number of carbonyl (C=O) groups is 6. The van der Waals surface area contributed by atoms with Crippen LogP contribution in [0.1, 0.15) is 122 Å². The lowest BCUT2D eigenvalue weighted by Crippen LogP contribution is -2.31. The first-order valence-electron chi connectivity index (χ1n) is 18.2. The quantitative estimate of drug-likeness (QED) is 0.0459. The molecule has 0 aliphatic rings. The van der Waals surface area contributed by atoms with Gasteiger partial charge in [0.05, 0.1) is 39.6 Å². The van der Waals surface area contributed by atoms with Crippen LogP contribution < -0.4 is 16.4 Å². The van der Waals surface area contributed by atoms with E-state index >= 15 is 0 Å². The minimum Gasteiger partial charge on any atom is -0.481 e. The van der Waals surface area contributed by atoms with Gasteiger partial charge in [-0.3, -0.25) is 19.2 Å². The first kappa shape index (κ1) is 49.0. The summed E-state index contributed by atoms with van der Waals surface area (Å²) in [4.78, 5) is 64.0. The summed E-state index contributed by atoms with van der Waals surface area (Å²) in [5.74, 6) is -2.29. The van der Waals surface area contributed by atoms with E-state index < -0.39 is 11.9 Å². The molecule has 0 fully saturated rings. The highest BCUT2D eigenvalue weighted by molar-refractivity contribution is 5.77. The van der Waals surface area contributed by atoms with Crippen molar-refractivity contribution in [2.45, 2.75) is 122 Å². The van der Waals surface area contributed by atoms with E-state index in [1.54, 1.807) is 0 Å². The molecule has 292 valence electrons. The number of aliphatic carboxylic acids is 2. The predicted molar refractivity (Wildman–Crippen MR) is 188 cm³/mol. The maximum absolute atomic E-state index is 11.5. The highest BCUT2D eigenvalue weighted by Crippen LogP contribution is 2.13. The number of carboxylic acids is 2. The second kappa shape index (κ2) is 40.3. The zero-order valence-electron chi connectivity index (χ0n) is 30.1. The lowest BCUT2D eigenvalue weighted by molar-refractivity contribution is -0.143. The summed E-state index contributed by atoms with van der Waals surface area (Å²) in [6.45, 7) is 1.81. The lowest BCUT2D eigenvalue weighted by Gasteiger charge is -2.08. The standard InChI is InChI=1S/C18H35NO3.C17H30N2O9/c19-17(20)15-13-11-9-7-5-3-1-2-4-6-8-10-12-14-16-18(21)22;20-6-2-1-3-15(21)18-4-7-25-9-11-27-13-16(22)19-5-8-26-10-12-28-14-17(23)24/h1-16H2,(H2,19,20)(H,21,22);6H,1-5,7-14H2,(H,18,21)(H,19,22)(H,23,24). The van der Waals surface area contributed by atoms with E-state index in [0.29, 0.717) is 58.4 Å². The van der Waals surface area contributed by atoms with E-state index in [1.807, 2.05) is 0 Å². The molecule has 0 unspecified atom stereocenters. The van der Waals surface area contributed by atoms with Crippen molar-refractivity contribution in [2.75, 3.05) is 65.9 Å². The number of hydrogen-bond donors (Lipinski definition) is 5. The maximum Gasteiger partial charge on any atom is 0.329 e. The van der Waals surface area contributed by atoms with Crippen molar-refractivity contribution < 1.29 is 57.9 Å². The molecular weight excluding hydrogens is 654 g/mol. The van der Waals surface area contributed by atoms with E-state index in [9.17, 15) is 28.8 Å². The molecular formula is C35H65N3O12. The summed E-state index contributed by atoms with van der Waals surface area (Å²) in [5, 5.41) is 22.1. The SMILES string of the molecule is NC(=O)CCCCCCCCCCCCCCCCC(=O)O.O=CCCCC(=O)NCCOCCOCC(=O)NCCOCCOCC(=O)O. The summed E-state index contributed by atoms with van der Waals surface area (Å²) in [7, 11) is 0. The number of hydrogen-bond acceptors (Lipinski definition) is 10. The number of primary amides is 1. The maximum atomic E-state index is 11.5. The number of nitrogens with two attached hydrogens (primary N) is 1. The third kappa shape index (κ3) is 47.0. The van der Waals surface area contributed by atoms with Gasteiger partial charge < -0.3 is 50.3 Å². The first-order valence-corrected chi connectivity index (χ1v) is 18.2. The van der Waals surface area contributed by atoms with Crippen LogP contribution in [0.2, 0.25) is 0 Å². The van der Waals surface area contributed by atoms with Crippen molar-refractivity contribution in [1.29, 1.82) is 0 Å². The smallest absolute Gasteiger partial charge is 0.329 e. The Kier molecular flexibility index (Phi) is 39.5. The van der Waals surface area contributed by atoms with Crippen molar-refractivity contribution in [3.63, 3.8) is 0 Å². The van der Waals surface area contributed by atoms with Gasteiger partial charge in [0.15, 0.2) is 0 Å². The average Bonchev–Trinajstić information content (AvgIpc) is 3.07. The molecule has 0 aromatic rings. The zero-order chi connectivity index (χ0) is 37.3. The Hall–Kier alpha value is -3.14. The van der Waals surface area contributed by atoms with E-state index in [1.165, 1.54) is 64.2 Å². The average molecular weight is 720 g/mol. The fourth-order valence-electron chi connectivity index (χ4n) is 4.47. The number of amides is 3. The van der Waals surface area contributed by atoms with E-state index in [-0.39, 0.29) is 57.4 Å². The van der Waals surface area contributed by atoms with Crippen molar-refractivity contribution in [2.24, 2.45) is 5.73 Å². The van der Waals surface area contributed by atoms with Crippen LogP contribution in [0.4, 0.5) is 0 Å². The van der Waals surface area contributed by atoms with Gasteiger partial charge in [0.25, 0.3) is 0 Å². The third-order valence-electron chi connectivity index (χ3n) is 7.13. The predicted octanol–water partition coefficient (Wildman–Crippen LogP) is 3.54. The Morgan fingerprint density at radius 1 is 0.480 bits per heavy atom. The van der Waals surface area contributed by atoms with Crippen LogP contribution in [0.3, 0.4) is 0 Å². The van der Waals surface area contributed by atoms with Crippen molar-refractivity contribution in [1.82, 2.24) is 10.6 Å². The number of unbranched alkanes of at least 4 members (excludes halogenated alkanes) is 14. The molecule has 0 aliphatic carbocycles. The Morgan fingerprint density at radius 2 is 0.900 bits per heavy atom. The molecule has 6 N–H and O–H groups in total. The van der Waals surface area contributed by atoms with Gasteiger partial charge >= 0.3 is 11.9 Å². The molecule has 50 heavy (non-hydrogen) atoms. The van der Waals surface area contributed by atoms with E-state index in [4.69, 9.17) is 34.9 Å². The molecule has 3 amide bonds. The molecule has 0 heterocycles. The number of carbonyl (C=O) groups excluding carboxylic acids is 4. The monoisotopic (exact) mass is 719 g/mol. The van der Waals surface area contributed by atoms with Crippen molar-refractivity contribution in [3.05, 3.63) is 0 Å². The molecule has 15 heteroatoms. The second-order valence-corrected chi connectivity index (χ2v) is 11.8. The molecule has 0 saturated heterocycles. The highest BCUT2D eigenvalue weighted by atomic mass is 16.5. The van der Waals surface area contributed by atoms with Crippen molar-refractivity contribution >= 4 is 35.9 Å². The zero-order valence-corrected chi connectivity index (χ0v) is 30.1. The van der Waals surface area contributed by atoms with Gasteiger partial charge in [0, 0.05) is 38.8 Å². The molecule has 0 radical (unpaired) electrons. The van der Waals surface area contributed by atoms with Gasteiger partial charge in [-0.1, -0.05) is 77.0 Å². The lowest BCUT2D eigenvalue weighted by atomic mass is 10.0.